The summed E-state index contributed by atoms with van der Waals surface area (Å²) in [6, 6.07) is 5.90. The van der Waals surface area contributed by atoms with Crippen LogP contribution in [0.3, 0.4) is 0 Å². The minimum Gasteiger partial charge on any atom is -0.382 e. The summed E-state index contributed by atoms with van der Waals surface area (Å²) in [6.07, 6.45) is 1.63. The van der Waals surface area contributed by atoms with Crippen molar-refractivity contribution in [3.63, 3.8) is 0 Å². The van der Waals surface area contributed by atoms with E-state index in [1.54, 1.807) is 6.33 Å². The summed E-state index contributed by atoms with van der Waals surface area (Å²) in [4.78, 5) is 11.5. The molecule has 0 aliphatic carbocycles. The van der Waals surface area contributed by atoms with E-state index >= 15 is 0 Å². The quantitative estimate of drug-likeness (QED) is 0.654. The Labute approximate surface area is 93.7 Å². The first kappa shape index (κ1) is 8.67. The second kappa shape index (κ2) is 2.93. The van der Waals surface area contributed by atoms with Crippen LogP contribution in [0.25, 0.3) is 21.9 Å². The van der Waals surface area contributed by atoms with Crippen LogP contribution in [-0.2, 0) is 0 Å². The lowest BCUT2D eigenvalue weighted by Crippen LogP contribution is -1.92. The average molecular weight is 263 g/mol. The zero-order chi connectivity index (χ0) is 10.4. The molecule has 0 saturated carbocycles. The minimum atomic E-state index is 0.455. The summed E-state index contributed by atoms with van der Waals surface area (Å²) in [6.45, 7) is 0. The number of nitrogens with one attached hydrogen (secondary N) is 1. The van der Waals surface area contributed by atoms with Gasteiger partial charge in [0.2, 0.25) is 0 Å². The van der Waals surface area contributed by atoms with E-state index in [0.717, 1.165) is 26.4 Å². The third-order valence-corrected chi connectivity index (χ3v) is 2.85. The first-order chi connectivity index (χ1) is 7.25. The molecule has 0 amide bonds. The lowest BCUT2D eigenvalue weighted by Gasteiger charge is -2.01. The van der Waals surface area contributed by atoms with Crippen molar-refractivity contribution in [3.05, 3.63) is 29.0 Å². The second-order valence-corrected chi connectivity index (χ2v) is 4.20. The number of benzene rings is 1. The number of H-pyrrole nitrogens is 1. The van der Waals surface area contributed by atoms with Crippen molar-refractivity contribution in [2.45, 2.75) is 0 Å². The number of aromatic amines is 1. The molecule has 74 valence electrons. The van der Waals surface area contributed by atoms with Crippen molar-refractivity contribution in [2.75, 3.05) is 5.73 Å². The molecular formula is C10H7BrN4. The third kappa shape index (κ3) is 1.20. The fourth-order valence-electron chi connectivity index (χ4n) is 1.69. The summed E-state index contributed by atoms with van der Waals surface area (Å²) >= 11 is 3.41. The molecule has 0 saturated heterocycles. The predicted octanol–water partition coefficient (Wildman–Crippen LogP) is 2.46. The number of aromatic nitrogens is 3. The molecule has 0 aliphatic heterocycles. The Balaban J connectivity index is 2.60. The van der Waals surface area contributed by atoms with E-state index in [1.165, 1.54) is 0 Å². The third-order valence-electron chi connectivity index (χ3n) is 2.35. The Hall–Kier alpha value is -1.62. The molecule has 0 bridgehead atoms. The van der Waals surface area contributed by atoms with Crippen LogP contribution in [0, 0.1) is 0 Å². The molecule has 3 N–H and O–H groups in total. The number of imidazole rings is 1. The van der Waals surface area contributed by atoms with E-state index in [4.69, 9.17) is 5.73 Å². The zero-order valence-electron chi connectivity index (χ0n) is 7.66. The standard InChI is InChI=1S/C10H7BrN4/c11-5-1-2-6-7(3-5)15-10(12)9-8(6)13-4-14-9/h1-4H,(H2,12,15)(H,13,14). The Morgan fingerprint density at radius 2 is 2.20 bits per heavy atom. The van der Waals surface area contributed by atoms with Crippen LogP contribution < -0.4 is 5.73 Å². The van der Waals surface area contributed by atoms with Gasteiger partial charge in [0, 0.05) is 9.86 Å². The molecule has 0 radical (unpaired) electrons. The molecule has 4 nitrogen and oxygen atoms in total. The molecule has 5 heteroatoms. The van der Waals surface area contributed by atoms with Gasteiger partial charge in [-0.3, -0.25) is 0 Å². The number of rotatable bonds is 0. The van der Waals surface area contributed by atoms with Gasteiger partial charge in [-0.1, -0.05) is 15.9 Å². The van der Waals surface area contributed by atoms with Crippen molar-refractivity contribution in [3.8, 4) is 0 Å². The molecule has 0 fully saturated rings. The van der Waals surface area contributed by atoms with Crippen LogP contribution in [0.5, 0.6) is 0 Å². The SMILES string of the molecule is Nc1nc2cc(Br)ccc2c2[nH]cnc12. The molecular weight excluding hydrogens is 256 g/mol. The van der Waals surface area contributed by atoms with Crippen LogP contribution in [0.1, 0.15) is 0 Å². The predicted molar refractivity (Wildman–Crippen MR) is 63.5 cm³/mol. The van der Waals surface area contributed by atoms with Crippen molar-refractivity contribution in [1.82, 2.24) is 15.0 Å². The summed E-state index contributed by atoms with van der Waals surface area (Å²) in [5, 5.41) is 1.03. The number of halogens is 1. The van der Waals surface area contributed by atoms with Crippen molar-refractivity contribution >= 4 is 43.7 Å². The number of pyridine rings is 1. The summed E-state index contributed by atoms with van der Waals surface area (Å²) in [7, 11) is 0. The van der Waals surface area contributed by atoms with Crippen molar-refractivity contribution < 1.29 is 0 Å². The molecule has 3 rings (SSSR count). The topological polar surface area (TPSA) is 67.6 Å². The Morgan fingerprint density at radius 1 is 1.33 bits per heavy atom. The summed E-state index contributed by atoms with van der Waals surface area (Å²) in [5.41, 5.74) is 8.33. The van der Waals surface area contributed by atoms with E-state index in [0.29, 0.717) is 5.82 Å². The van der Waals surface area contributed by atoms with Gasteiger partial charge < -0.3 is 10.7 Å². The van der Waals surface area contributed by atoms with Crippen LogP contribution in [0.15, 0.2) is 29.0 Å². The molecule has 1 aromatic carbocycles. The molecule has 0 aliphatic rings. The van der Waals surface area contributed by atoms with E-state index < -0.39 is 0 Å². The van der Waals surface area contributed by atoms with Crippen LogP contribution in [0.2, 0.25) is 0 Å². The van der Waals surface area contributed by atoms with Gasteiger partial charge in [0.1, 0.15) is 5.52 Å². The lowest BCUT2D eigenvalue weighted by atomic mass is 10.2. The highest BCUT2D eigenvalue weighted by molar-refractivity contribution is 9.10. The smallest absolute Gasteiger partial charge is 0.152 e. The number of hydrogen-bond acceptors (Lipinski definition) is 3. The van der Waals surface area contributed by atoms with E-state index in [2.05, 4.69) is 30.9 Å². The molecule has 0 unspecified atom stereocenters. The molecule has 2 aromatic heterocycles. The number of hydrogen-bond donors (Lipinski definition) is 2. The molecule has 15 heavy (non-hydrogen) atoms. The Morgan fingerprint density at radius 3 is 3.07 bits per heavy atom. The van der Waals surface area contributed by atoms with Gasteiger partial charge in [-0.25, -0.2) is 9.97 Å². The van der Waals surface area contributed by atoms with Gasteiger partial charge in [0.25, 0.3) is 0 Å². The molecule has 0 spiro atoms. The maximum absolute atomic E-state index is 5.81. The minimum absolute atomic E-state index is 0.455. The average Bonchev–Trinajstić information content (AvgIpc) is 2.66. The van der Waals surface area contributed by atoms with Crippen molar-refractivity contribution in [2.24, 2.45) is 0 Å². The fraction of sp³-hybridized carbons (Fsp3) is 0. The number of anilines is 1. The number of nitrogens with zero attached hydrogens (tertiary/aromatic N) is 2. The lowest BCUT2D eigenvalue weighted by molar-refractivity contribution is 1.34. The maximum atomic E-state index is 5.81. The second-order valence-electron chi connectivity index (χ2n) is 3.28. The van der Waals surface area contributed by atoms with Gasteiger partial charge in [0.05, 0.1) is 17.4 Å². The van der Waals surface area contributed by atoms with Gasteiger partial charge in [-0.05, 0) is 18.2 Å². The number of nitrogen functional groups attached to an aromatic ring is 1. The van der Waals surface area contributed by atoms with Crippen LogP contribution >= 0.6 is 15.9 Å². The Kier molecular flexibility index (Phi) is 1.70. The summed E-state index contributed by atoms with van der Waals surface area (Å²) in [5.74, 6) is 0.455. The molecule has 0 atom stereocenters. The maximum Gasteiger partial charge on any atom is 0.152 e. The van der Waals surface area contributed by atoms with E-state index in [1.807, 2.05) is 18.2 Å². The highest BCUT2D eigenvalue weighted by Gasteiger charge is 2.07. The molecule has 2 heterocycles. The van der Waals surface area contributed by atoms with Gasteiger partial charge >= 0.3 is 0 Å². The normalized spacial score (nSPS) is 11.3. The van der Waals surface area contributed by atoms with Gasteiger partial charge in [-0.15, -0.1) is 0 Å². The highest BCUT2D eigenvalue weighted by atomic mass is 79.9. The fourth-order valence-corrected chi connectivity index (χ4v) is 2.03. The summed E-state index contributed by atoms with van der Waals surface area (Å²) < 4.78 is 0.987. The van der Waals surface area contributed by atoms with Gasteiger partial charge in [-0.2, -0.15) is 0 Å². The number of fused-ring (bicyclic) bond motifs is 3. The first-order valence-corrected chi connectivity index (χ1v) is 5.23. The van der Waals surface area contributed by atoms with Crippen LogP contribution in [0.4, 0.5) is 5.82 Å². The van der Waals surface area contributed by atoms with E-state index in [9.17, 15) is 0 Å². The molecule has 3 aromatic rings. The highest BCUT2D eigenvalue weighted by Crippen LogP contribution is 2.26. The monoisotopic (exact) mass is 262 g/mol. The van der Waals surface area contributed by atoms with Crippen LogP contribution in [-0.4, -0.2) is 15.0 Å². The van der Waals surface area contributed by atoms with Gasteiger partial charge in [0.15, 0.2) is 5.82 Å². The van der Waals surface area contributed by atoms with Crippen molar-refractivity contribution in [1.29, 1.82) is 0 Å². The Bertz CT molecular complexity index is 659. The zero-order valence-corrected chi connectivity index (χ0v) is 9.25. The largest absolute Gasteiger partial charge is 0.382 e. The first-order valence-electron chi connectivity index (χ1n) is 4.43. The number of nitrogens with two attached hydrogens (primary N) is 1. The van der Waals surface area contributed by atoms with E-state index in [-0.39, 0.29) is 0 Å².